The summed E-state index contributed by atoms with van der Waals surface area (Å²) >= 11 is 0. The fourth-order valence-corrected chi connectivity index (χ4v) is 2.17. The highest BCUT2D eigenvalue weighted by molar-refractivity contribution is 5.86. The minimum atomic E-state index is -0.467. The number of hydrazine groups is 1. The number of aryl methyl sites for hydroxylation is 1. The van der Waals surface area contributed by atoms with Gasteiger partial charge in [-0.05, 0) is 18.1 Å². The molecule has 7 heteroatoms. The third-order valence-corrected chi connectivity index (χ3v) is 3.42. The van der Waals surface area contributed by atoms with Crippen LogP contribution in [0.5, 0.6) is 0 Å². The molecule has 0 fully saturated rings. The second-order valence-electron chi connectivity index (χ2n) is 5.03. The molecule has 1 aromatic heterocycles. The highest BCUT2D eigenvalue weighted by Gasteiger charge is 2.09. The lowest BCUT2D eigenvalue weighted by Crippen LogP contribution is -2.41. The third-order valence-electron chi connectivity index (χ3n) is 3.42. The van der Waals surface area contributed by atoms with Crippen LogP contribution in [-0.4, -0.2) is 29.9 Å². The number of hydrogen-bond acceptors (Lipinski definition) is 4. The van der Waals surface area contributed by atoms with Crippen molar-refractivity contribution in [2.75, 3.05) is 7.11 Å². The first kappa shape index (κ1) is 16.5. The maximum Gasteiger partial charge on any atom is 0.306 e. The SMILES string of the molecule is COC(=O)CCC(=O)NNC(=O)CCc1c[nH]c2ccccc12. The summed E-state index contributed by atoms with van der Waals surface area (Å²) < 4.78 is 4.43. The van der Waals surface area contributed by atoms with E-state index in [1.165, 1.54) is 7.11 Å². The fourth-order valence-electron chi connectivity index (χ4n) is 2.17. The summed E-state index contributed by atoms with van der Waals surface area (Å²) in [6.07, 6.45) is 2.64. The minimum Gasteiger partial charge on any atom is -0.469 e. The summed E-state index contributed by atoms with van der Waals surface area (Å²) in [6.45, 7) is 0. The lowest BCUT2D eigenvalue weighted by Gasteiger charge is -2.06. The van der Waals surface area contributed by atoms with Crippen LogP contribution in [0.4, 0.5) is 0 Å². The van der Waals surface area contributed by atoms with Crippen LogP contribution in [0, 0.1) is 0 Å². The molecule has 0 aliphatic carbocycles. The van der Waals surface area contributed by atoms with Gasteiger partial charge in [-0.1, -0.05) is 18.2 Å². The molecule has 2 amide bonds. The molecule has 2 aromatic rings. The molecule has 0 aliphatic heterocycles. The van der Waals surface area contributed by atoms with Crippen molar-refractivity contribution in [1.82, 2.24) is 15.8 Å². The molecule has 0 spiro atoms. The number of benzene rings is 1. The number of carbonyl (C=O) groups excluding carboxylic acids is 3. The number of nitrogens with one attached hydrogen (secondary N) is 3. The van der Waals surface area contributed by atoms with Gasteiger partial charge in [0.25, 0.3) is 0 Å². The zero-order chi connectivity index (χ0) is 16.7. The van der Waals surface area contributed by atoms with Crippen molar-refractivity contribution < 1.29 is 19.1 Å². The Morgan fingerprint density at radius 3 is 2.48 bits per heavy atom. The average Bonchev–Trinajstić information content (AvgIpc) is 2.99. The van der Waals surface area contributed by atoms with E-state index in [1.54, 1.807) is 0 Å². The van der Waals surface area contributed by atoms with Gasteiger partial charge in [-0.25, -0.2) is 0 Å². The molecule has 0 saturated carbocycles. The van der Waals surface area contributed by atoms with Crippen LogP contribution in [-0.2, 0) is 25.5 Å². The molecule has 0 radical (unpaired) electrons. The predicted molar refractivity (Wildman–Crippen MR) is 84.2 cm³/mol. The van der Waals surface area contributed by atoms with Crippen molar-refractivity contribution in [1.29, 1.82) is 0 Å². The van der Waals surface area contributed by atoms with Crippen LogP contribution in [0.1, 0.15) is 24.8 Å². The summed E-state index contributed by atoms with van der Waals surface area (Å²) in [6, 6.07) is 7.86. The number of rotatable bonds is 6. The minimum absolute atomic E-state index is 0.0203. The molecule has 1 heterocycles. The molecule has 2 rings (SSSR count). The van der Waals surface area contributed by atoms with Crippen molar-refractivity contribution in [3.8, 4) is 0 Å². The lowest BCUT2D eigenvalue weighted by atomic mass is 10.1. The van der Waals surface area contributed by atoms with E-state index in [4.69, 9.17) is 0 Å². The van der Waals surface area contributed by atoms with Gasteiger partial charge in [0.15, 0.2) is 0 Å². The van der Waals surface area contributed by atoms with Crippen LogP contribution in [0.2, 0.25) is 0 Å². The first-order valence-corrected chi connectivity index (χ1v) is 7.29. The second kappa shape index (κ2) is 7.98. The Kier molecular flexibility index (Phi) is 5.74. The lowest BCUT2D eigenvalue weighted by molar-refractivity contribution is -0.142. The van der Waals surface area contributed by atoms with Crippen molar-refractivity contribution in [3.63, 3.8) is 0 Å². The van der Waals surface area contributed by atoms with Gasteiger partial charge in [0.2, 0.25) is 11.8 Å². The molecule has 0 saturated heterocycles. The van der Waals surface area contributed by atoms with E-state index in [2.05, 4.69) is 20.6 Å². The van der Waals surface area contributed by atoms with Crippen LogP contribution < -0.4 is 10.9 Å². The molecular formula is C16H19N3O4. The number of esters is 1. The average molecular weight is 317 g/mol. The van der Waals surface area contributed by atoms with Gasteiger partial charge in [-0.3, -0.25) is 25.2 Å². The molecule has 3 N–H and O–H groups in total. The summed E-state index contributed by atoms with van der Waals surface area (Å²) in [5.41, 5.74) is 6.68. The molecule has 0 atom stereocenters. The number of aromatic amines is 1. The summed E-state index contributed by atoms with van der Waals surface area (Å²) in [4.78, 5) is 37.2. The van der Waals surface area contributed by atoms with Gasteiger partial charge in [0.05, 0.1) is 13.5 Å². The number of amides is 2. The maximum absolute atomic E-state index is 11.7. The fraction of sp³-hybridized carbons (Fsp3) is 0.312. The molecule has 0 aliphatic rings. The number of ether oxygens (including phenoxy) is 1. The Balaban J connectivity index is 1.73. The Morgan fingerprint density at radius 1 is 1.04 bits per heavy atom. The summed E-state index contributed by atoms with van der Waals surface area (Å²) in [5.74, 6) is -1.19. The Morgan fingerprint density at radius 2 is 1.74 bits per heavy atom. The van der Waals surface area contributed by atoms with E-state index in [0.717, 1.165) is 16.5 Å². The molecular weight excluding hydrogens is 298 g/mol. The largest absolute Gasteiger partial charge is 0.469 e. The van der Waals surface area contributed by atoms with Crippen molar-refractivity contribution in [2.24, 2.45) is 0 Å². The van der Waals surface area contributed by atoms with Gasteiger partial charge in [0.1, 0.15) is 0 Å². The van der Waals surface area contributed by atoms with Crippen LogP contribution in [0.25, 0.3) is 10.9 Å². The molecule has 122 valence electrons. The van der Waals surface area contributed by atoms with Gasteiger partial charge in [0, 0.05) is 29.9 Å². The number of para-hydroxylation sites is 1. The normalized spacial score (nSPS) is 10.3. The van der Waals surface area contributed by atoms with Gasteiger partial charge < -0.3 is 9.72 Å². The molecule has 7 nitrogen and oxygen atoms in total. The van der Waals surface area contributed by atoms with Gasteiger partial charge in [-0.15, -0.1) is 0 Å². The van der Waals surface area contributed by atoms with E-state index in [1.807, 2.05) is 30.5 Å². The van der Waals surface area contributed by atoms with Gasteiger partial charge in [-0.2, -0.15) is 0 Å². The van der Waals surface area contributed by atoms with Gasteiger partial charge >= 0.3 is 5.97 Å². The van der Waals surface area contributed by atoms with Crippen molar-refractivity contribution in [3.05, 3.63) is 36.0 Å². The molecule has 0 unspecified atom stereocenters. The van der Waals surface area contributed by atoms with E-state index in [0.29, 0.717) is 6.42 Å². The van der Waals surface area contributed by atoms with E-state index >= 15 is 0 Å². The van der Waals surface area contributed by atoms with Crippen molar-refractivity contribution >= 4 is 28.7 Å². The highest BCUT2D eigenvalue weighted by atomic mass is 16.5. The zero-order valence-corrected chi connectivity index (χ0v) is 12.8. The first-order valence-electron chi connectivity index (χ1n) is 7.29. The maximum atomic E-state index is 11.7. The third kappa shape index (κ3) is 4.84. The molecule has 23 heavy (non-hydrogen) atoms. The smallest absolute Gasteiger partial charge is 0.306 e. The monoisotopic (exact) mass is 317 g/mol. The number of aromatic nitrogens is 1. The zero-order valence-electron chi connectivity index (χ0n) is 12.8. The number of fused-ring (bicyclic) bond motifs is 1. The van der Waals surface area contributed by atoms with E-state index < -0.39 is 11.9 Å². The van der Waals surface area contributed by atoms with Crippen molar-refractivity contribution in [2.45, 2.75) is 25.7 Å². The Bertz CT molecular complexity index is 708. The topological polar surface area (TPSA) is 100 Å². The number of H-pyrrole nitrogens is 1. The highest BCUT2D eigenvalue weighted by Crippen LogP contribution is 2.18. The number of hydrogen-bond donors (Lipinski definition) is 3. The molecule has 0 bridgehead atoms. The second-order valence-corrected chi connectivity index (χ2v) is 5.03. The summed E-state index contributed by atoms with van der Waals surface area (Å²) in [5, 5.41) is 1.09. The number of methoxy groups -OCH3 is 1. The quantitative estimate of drug-likeness (QED) is 0.550. The molecule has 1 aromatic carbocycles. The Hall–Kier alpha value is -2.83. The van der Waals surface area contributed by atoms with E-state index in [9.17, 15) is 14.4 Å². The predicted octanol–water partition coefficient (Wildman–Crippen LogP) is 1.20. The van der Waals surface area contributed by atoms with Crippen LogP contribution >= 0.6 is 0 Å². The van der Waals surface area contributed by atoms with Crippen LogP contribution in [0.15, 0.2) is 30.5 Å². The first-order chi connectivity index (χ1) is 11.1. The standard InChI is InChI=1S/C16H19N3O4/c1-23-16(22)9-8-15(21)19-18-14(20)7-6-11-10-17-13-5-3-2-4-12(11)13/h2-5,10,17H,6-9H2,1H3,(H,18,20)(H,19,21). The van der Waals surface area contributed by atoms with E-state index in [-0.39, 0.29) is 25.2 Å². The summed E-state index contributed by atoms with van der Waals surface area (Å²) in [7, 11) is 1.26. The number of carbonyl (C=O) groups is 3. The Labute approximate surface area is 133 Å². The van der Waals surface area contributed by atoms with Crippen LogP contribution in [0.3, 0.4) is 0 Å².